The van der Waals surface area contributed by atoms with Gasteiger partial charge in [-0.05, 0) is 31.2 Å². The van der Waals surface area contributed by atoms with Gasteiger partial charge in [-0.2, -0.15) is 5.10 Å². The van der Waals surface area contributed by atoms with Crippen molar-refractivity contribution in [2.24, 2.45) is 5.10 Å². The Kier molecular flexibility index (Phi) is 5.48. The van der Waals surface area contributed by atoms with Crippen LogP contribution in [-0.4, -0.2) is 43.1 Å². The fourth-order valence-electron chi connectivity index (χ4n) is 2.77. The first kappa shape index (κ1) is 17.9. The normalized spacial score (nSPS) is 15.0. The number of hydrogen-bond donors (Lipinski definition) is 2. The molecule has 1 aliphatic heterocycles. The van der Waals surface area contributed by atoms with Gasteiger partial charge in [0.15, 0.2) is 0 Å². The van der Waals surface area contributed by atoms with E-state index >= 15 is 0 Å². The van der Waals surface area contributed by atoms with Gasteiger partial charge in [0.05, 0.1) is 35.9 Å². The summed E-state index contributed by atoms with van der Waals surface area (Å²) in [6, 6.07) is 11.5. The Morgan fingerprint density at radius 3 is 2.65 bits per heavy atom. The standard InChI is InChI=1S/C19H20FN3O3/c1-13(21-22-17-5-3-2-4-15(17)19(24)25)14-6-7-18(16(20)12-14)23-8-10-26-11-9-23/h2-7,12,22H,8-11H2,1H3,(H,24,25)/b21-13-. The molecule has 0 unspecified atom stereocenters. The van der Waals surface area contributed by atoms with Crippen molar-refractivity contribution in [2.45, 2.75) is 6.92 Å². The highest BCUT2D eigenvalue weighted by Gasteiger charge is 2.16. The molecule has 0 spiro atoms. The Morgan fingerprint density at radius 1 is 1.23 bits per heavy atom. The third-order valence-electron chi connectivity index (χ3n) is 4.22. The first-order valence-corrected chi connectivity index (χ1v) is 8.31. The highest BCUT2D eigenvalue weighted by Crippen LogP contribution is 2.22. The summed E-state index contributed by atoms with van der Waals surface area (Å²) in [7, 11) is 0. The lowest BCUT2D eigenvalue weighted by molar-refractivity contribution is 0.0698. The van der Waals surface area contributed by atoms with Crippen molar-refractivity contribution < 1.29 is 19.0 Å². The number of aromatic carboxylic acids is 1. The molecule has 1 saturated heterocycles. The van der Waals surface area contributed by atoms with Crippen LogP contribution in [0.1, 0.15) is 22.8 Å². The van der Waals surface area contributed by atoms with Gasteiger partial charge in [0.1, 0.15) is 5.82 Å². The van der Waals surface area contributed by atoms with Crippen LogP contribution in [0.3, 0.4) is 0 Å². The highest BCUT2D eigenvalue weighted by molar-refractivity contribution is 6.00. The van der Waals surface area contributed by atoms with Crippen molar-refractivity contribution in [3.63, 3.8) is 0 Å². The highest BCUT2D eigenvalue weighted by atomic mass is 19.1. The van der Waals surface area contributed by atoms with E-state index in [9.17, 15) is 14.3 Å². The summed E-state index contributed by atoms with van der Waals surface area (Å²) in [6.07, 6.45) is 0. The smallest absolute Gasteiger partial charge is 0.337 e. The maximum Gasteiger partial charge on any atom is 0.337 e. The van der Waals surface area contributed by atoms with Crippen molar-refractivity contribution in [1.82, 2.24) is 0 Å². The van der Waals surface area contributed by atoms with Crippen LogP contribution in [0.25, 0.3) is 0 Å². The molecule has 0 amide bonds. The number of hydrazone groups is 1. The molecule has 0 radical (unpaired) electrons. The van der Waals surface area contributed by atoms with E-state index in [1.807, 2.05) is 4.90 Å². The first-order chi connectivity index (χ1) is 12.6. The van der Waals surface area contributed by atoms with Crippen LogP contribution in [0.5, 0.6) is 0 Å². The summed E-state index contributed by atoms with van der Waals surface area (Å²) in [4.78, 5) is 13.2. The van der Waals surface area contributed by atoms with Gasteiger partial charge in [-0.25, -0.2) is 9.18 Å². The molecule has 1 heterocycles. The van der Waals surface area contributed by atoms with Crippen LogP contribution >= 0.6 is 0 Å². The van der Waals surface area contributed by atoms with E-state index in [1.165, 1.54) is 12.1 Å². The molecule has 3 rings (SSSR count). The number of carboxylic acids is 1. The third kappa shape index (κ3) is 4.00. The molecule has 1 aliphatic rings. The first-order valence-electron chi connectivity index (χ1n) is 8.31. The van der Waals surface area contributed by atoms with E-state index in [-0.39, 0.29) is 11.4 Å². The third-order valence-corrected chi connectivity index (χ3v) is 4.22. The minimum absolute atomic E-state index is 0.123. The molecule has 0 aromatic heterocycles. The second kappa shape index (κ2) is 7.97. The molecule has 0 atom stereocenters. The summed E-state index contributed by atoms with van der Waals surface area (Å²) in [5, 5.41) is 13.4. The van der Waals surface area contributed by atoms with Crippen LogP contribution in [0.4, 0.5) is 15.8 Å². The van der Waals surface area contributed by atoms with Gasteiger partial charge < -0.3 is 14.7 Å². The zero-order chi connectivity index (χ0) is 18.5. The molecule has 7 heteroatoms. The van der Waals surface area contributed by atoms with Crippen LogP contribution < -0.4 is 10.3 Å². The minimum Gasteiger partial charge on any atom is -0.478 e. The number of benzene rings is 2. The lowest BCUT2D eigenvalue weighted by Gasteiger charge is -2.29. The van der Waals surface area contributed by atoms with Crippen molar-refractivity contribution in [1.29, 1.82) is 0 Å². The number of hydrogen-bond acceptors (Lipinski definition) is 5. The Labute approximate surface area is 150 Å². The van der Waals surface area contributed by atoms with E-state index < -0.39 is 5.97 Å². The molecule has 6 nitrogen and oxygen atoms in total. The molecule has 136 valence electrons. The summed E-state index contributed by atoms with van der Waals surface area (Å²) in [5.41, 5.74) is 4.98. The van der Waals surface area contributed by atoms with E-state index in [0.717, 1.165) is 0 Å². The molecule has 2 N–H and O–H groups in total. The molecule has 0 aliphatic carbocycles. The number of para-hydroxylation sites is 1. The fraction of sp³-hybridized carbons (Fsp3) is 0.263. The van der Waals surface area contributed by atoms with E-state index in [1.54, 1.807) is 37.3 Å². The Hall–Kier alpha value is -2.93. The zero-order valence-corrected chi connectivity index (χ0v) is 14.4. The minimum atomic E-state index is -1.04. The monoisotopic (exact) mass is 357 g/mol. The zero-order valence-electron chi connectivity index (χ0n) is 14.4. The predicted molar refractivity (Wildman–Crippen MR) is 98.7 cm³/mol. The summed E-state index contributed by atoms with van der Waals surface area (Å²) >= 11 is 0. The van der Waals surface area contributed by atoms with Crippen LogP contribution in [0.2, 0.25) is 0 Å². The summed E-state index contributed by atoms with van der Waals surface area (Å²) in [6.45, 7) is 4.25. The number of anilines is 2. The second-order valence-corrected chi connectivity index (χ2v) is 5.93. The quantitative estimate of drug-likeness (QED) is 0.635. The summed E-state index contributed by atoms with van der Waals surface area (Å²) in [5.74, 6) is -1.35. The molecule has 2 aromatic rings. The second-order valence-electron chi connectivity index (χ2n) is 5.93. The summed E-state index contributed by atoms with van der Waals surface area (Å²) < 4.78 is 19.8. The number of nitrogens with zero attached hydrogens (tertiary/aromatic N) is 2. The molecular formula is C19H20FN3O3. The lowest BCUT2D eigenvalue weighted by Crippen LogP contribution is -2.36. The topological polar surface area (TPSA) is 74.2 Å². The Bertz CT molecular complexity index is 833. The van der Waals surface area contributed by atoms with Gasteiger partial charge in [-0.3, -0.25) is 5.43 Å². The SMILES string of the molecule is C/C(=N/Nc1ccccc1C(=O)O)c1ccc(N2CCOCC2)c(F)c1. The Morgan fingerprint density at radius 2 is 1.96 bits per heavy atom. The molecular weight excluding hydrogens is 337 g/mol. The van der Waals surface area contributed by atoms with E-state index in [0.29, 0.717) is 49.0 Å². The predicted octanol–water partition coefficient (Wildman–Crippen LogP) is 3.20. The van der Waals surface area contributed by atoms with Crippen LogP contribution in [0, 0.1) is 5.82 Å². The largest absolute Gasteiger partial charge is 0.478 e. The van der Waals surface area contributed by atoms with Gasteiger partial charge in [-0.15, -0.1) is 0 Å². The molecule has 2 aromatic carbocycles. The van der Waals surface area contributed by atoms with Gasteiger partial charge in [0.25, 0.3) is 0 Å². The van der Waals surface area contributed by atoms with Gasteiger partial charge in [-0.1, -0.05) is 18.2 Å². The van der Waals surface area contributed by atoms with E-state index in [4.69, 9.17) is 4.74 Å². The van der Waals surface area contributed by atoms with Crippen molar-refractivity contribution in [2.75, 3.05) is 36.6 Å². The number of morpholine rings is 1. The van der Waals surface area contributed by atoms with Crippen LogP contribution in [-0.2, 0) is 4.74 Å². The van der Waals surface area contributed by atoms with Gasteiger partial charge in [0, 0.05) is 18.7 Å². The average molecular weight is 357 g/mol. The Balaban J connectivity index is 1.77. The van der Waals surface area contributed by atoms with Gasteiger partial charge >= 0.3 is 5.97 Å². The fourth-order valence-corrected chi connectivity index (χ4v) is 2.77. The average Bonchev–Trinajstić information content (AvgIpc) is 2.66. The molecule has 0 saturated carbocycles. The number of halogens is 1. The van der Waals surface area contributed by atoms with Crippen LogP contribution in [0.15, 0.2) is 47.6 Å². The number of rotatable bonds is 5. The van der Waals surface area contributed by atoms with Crippen molar-refractivity contribution in [3.05, 3.63) is 59.4 Å². The van der Waals surface area contributed by atoms with Crippen molar-refractivity contribution >= 4 is 23.1 Å². The maximum absolute atomic E-state index is 14.5. The number of ether oxygens (including phenoxy) is 1. The number of carboxylic acid groups (broad SMARTS) is 1. The van der Waals surface area contributed by atoms with Crippen molar-refractivity contribution in [3.8, 4) is 0 Å². The number of carbonyl (C=O) groups is 1. The lowest BCUT2D eigenvalue weighted by atomic mass is 10.1. The van der Waals surface area contributed by atoms with E-state index in [2.05, 4.69) is 10.5 Å². The number of nitrogens with one attached hydrogen (secondary N) is 1. The molecule has 0 bridgehead atoms. The molecule has 26 heavy (non-hydrogen) atoms. The molecule has 1 fully saturated rings. The maximum atomic E-state index is 14.5. The van der Waals surface area contributed by atoms with Gasteiger partial charge in [0.2, 0.25) is 0 Å².